The average molecular weight is 336 g/mol. The minimum atomic E-state index is -4.45. The summed E-state index contributed by atoms with van der Waals surface area (Å²) in [6.07, 6.45) is -3.65. The smallest absolute Gasteiger partial charge is 0.417 e. The highest BCUT2D eigenvalue weighted by molar-refractivity contribution is 5.85. The van der Waals surface area contributed by atoms with Gasteiger partial charge in [-0.15, -0.1) is 0 Å². The van der Waals surface area contributed by atoms with E-state index in [0.29, 0.717) is 5.69 Å². The first-order valence-electron chi connectivity index (χ1n) is 7.27. The molecule has 0 saturated carbocycles. The number of fused-ring (bicyclic) bond motifs is 1. The average Bonchev–Trinajstić information content (AvgIpc) is 2.87. The molecule has 0 N–H and O–H groups in total. The summed E-state index contributed by atoms with van der Waals surface area (Å²) in [6.45, 7) is 0. The summed E-state index contributed by atoms with van der Waals surface area (Å²) in [4.78, 5) is 18.1. The van der Waals surface area contributed by atoms with E-state index in [-0.39, 0.29) is 0 Å². The zero-order valence-electron chi connectivity index (χ0n) is 13.0. The van der Waals surface area contributed by atoms with Crippen LogP contribution in [-0.2, 0) is 15.7 Å². The maximum Gasteiger partial charge on any atom is 0.417 e. The highest BCUT2D eigenvalue weighted by Gasteiger charge is 2.43. The summed E-state index contributed by atoms with van der Waals surface area (Å²) in [5, 5.41) is 0. The molecule has 2 atom stereocenters. The van der Waals surface area contributed by atoms with Gasteiger partial charge in [0.25, 0.3) is 0 Å². The fourth-order valence-corrected chi connectivity index (χ4v) is 3.12. The molecule has 0 bridgehead atoms. The summed E-state index contributed by atoms with van der Waals surface area (Å²) in [7, 11) is 3.08. The Morgan fingerprint density at radius 1 is 1.21 bits per heavy atom. The van der Waals surface area contributed by atoms with Gasteiger partial charge in [0.05, 0.1) is 24.4 Å². The van der Waals surface area contributed by atoms with Crippen molar-refractivity contribution < 1.29 is 22.7 Å². The maximum atomic E-state index is 12.7. The molecule has 1 aromatic heterocycles. The molecule has 0 amide bonds. The molecule has 2 unspecified atom stereocenters. The molecule has 0 radical (unpaired) electrons. The standard InChI is InChI=1S/C17H15F3N2O2/c1-22-13-6-4-3-5-11(13)14(16(23)24-2)15(22)12-8-7-10(9-21-12)17(18,19)20/h3-9,14-15H,1-2H3. The topological polar surface area (TPSA) is 42.4 Å². The van der Waals surface area contributed by atoms with Crippen LogP contribution in [0.3, 0.4) is 0 Å². The minimum absolute atomic E-state index is 0.386. The van der Waals surface area contributed by atoms with Gasteiger partial charge in [0.2, 0.25) is 0 Å². The maximum absolute atomic E-state index is 12.7. The number of esters is 1. The molecule has 1 aliphatic rings. The van der Waals surface area contributed by atoms with Crippen molar-refractivity contribution in [3.05, 3.63) is 59.4 Å². The molecule has 24 heavy (non-hydrogen) atoms. The Morgan fingerprint density at radius 3 is 2.50 bits per heavy atom. The van der Waals surface area contributed by atoms with Crippen molar-refractivity contribution in [3.63, 3.8) is 0 Å². The van der Waals surface area contributed by atoms with Crippen LogP contribution >= 0.6 is 0 Å². The van der Waals surface area contributed by atoms with Gasteiger partial charge < -0.3 is 9.64 Å². The number of pyridine rings is 1. The second-order valence-electron chi connectivity index (χ2n) is 5.58. The van der Waals surface area contributed by atoms with Gasteiger partial charge in [0.15, 0.2) is 0 Å². The summed E-state index contributed by atoms with van der Waals surface area (Å²) in [5.74, 6) is -1.08. The van der Waals surface area contributed by atoms with Gasteiger partial charge in [-0.3, -0.25) is 9.78 Å². The lowest BCUT2D eigenvalue weighted by Crippen LogP contribution is -2.28. The predicted molar refractivity (Wildman–Crippen MR) is 81.6 cm³/mol. The molecule has 0 saturated heterocycles. The second kappa shape index (κ2) is 5.81. The fraction of sp³-hybridized carbons (Fsp3) is 0.294. The number of rotatable bonds is 2. The number of likely N-dealkylation sites (N-methyl/N-ethyl adjacent to an activating group) is 1. The molecule has 0 fully saturated rings. The Labute approximate surface area is 136 Å². The van der Waals surface area contributed by atoms with E-state index in [1.807, 2.05) is 29.2 Å². The number of hydrogen-bond donors (Lipinski definition) is 0. The summed E-state index contributed by atoms with van der Waals surface area (Å²) in [6, 6.07) is 9.10. The molecule has 0 spiro atoms. The van der Waals surface area contributed by atoms with Crippen LogP contribution in [0.25, 0.3) is 0 Å². The zero-order chi connectivity index (χ0) is 17.5. The van der Waals surface area contributed by atoms with E-state index in [1.54, 1.807) is 7.05 Å². The van der Waals surface area contributed by atoms with Gasteiger partial charge in [-0.1, -0.05) is 18.2 Å². The first kappa shape index (κ1) is 16.3. The molecule has 7 heteroatoms. The Balaban J connectivity index is 2.04. The van der Waals surface area contributed by atoms with Crippen LogP contribution in [0.1, 0.15) is 28.8 Å². The number of anilines is 1. The highest BCUT2D eigenvalue weighted by Crippen LogP contribution is 2.48. The minimum Gasteiger partial charge on any atom is -0.468 e. The van der Waals surface area contributed by atoms with Crippen LogP contribution in [-0.4, -0.2) is 25.1 Å². The molecule has 0 aliphatic carbocycles. The number of carbonyl (C=O) groups excluding carboxylic acids is 1. The van der Waals surface area contributed by atoms with E-state index in [1.165, 1.54) is 13.2 Å². The van der Waals surface area contributed by atoms with Crippen LogP contribution in [0, 0.1) is 0 Å². The first-order valence-corrected chi connectivity index (χ1v) is 7.27. The molecule has 4 nitrogen and oxygen atoms in total. The van der Waals surface area contributed by atoms with Crippen LogP contribution in [0.5, 0.6) is 0 Å². The largest absolute Gasteiger partial charge is 0.468 e. The van der Waals surface area contributed by atoms with Crippen molar-refractivity contribution in [1.82, 2.24) is 4.98 Å². The van der Waals surface area contributed by atoms with E-state index in [4.69, 9.17) is 4.74 Å². The quantitative estimate of drug-likeness (QED) is 0.787. The number of aromatic nitrogens is 1. The zero-order valence-corrected chi connectivity index (χ0v) is 13.0. The molecule has 1 aromatic carbocycles. The lowest BCUT2D eigenvalue weighted by Gasteiger charge is -2.25. The Bertz CT molecular complexity index is 759. The third kappa shape index (κ3) is 2.60. The number of benzene rings is 1. The number of para-hydroxylation sites is 1. The van der Waals surface area contributed by atoms with Gasteiger partial charge in [-0.2, -0.15) is 13.2 Å². The van der Waals surface area contributed by atoms with Gasteiger partial charge in [-0.05, 0) is 23.8 Å². The van der Waals surface area contributed by atoms with Crippen molar-refractivity contribution in [3.8, 4) is 0 Å². The lowest BCUT2D eigenvalue weighted by molar-refractivity contribution is -0.143. The van der Waals surface area contributed by atoms with Crippen LogP contribution < -0.4 is 4.90 Å². The monoisotopic (exact) mass is 336 g/mol. The molecule has 126 valence electrons. The number of hydrogen-bond acceptors (Lipinski definition) is 4. The normalized spacial score (nSPS) is 20.0. The summed E-state index contributed by atoms with van der Waals surface area (Å²) >= 11 is 0. The molecular weight excluding hydrogens is 321 g/mol. The van der Waals surface area contributed by atoms with Crippen LogP contribution in [0.2, 0.25) is 0 Å². The SMILES string of the molecule is COC(=O)C1c2ccccc2N(C)C1c1ccc(C(F)(F)F)cn1. The lowest BCUT2D eigenvalue weighted by atomic mass is 9.92. The molecule has 1 aliphatic heterocycles. The Morgan fingerprint density at radius 2 is 1.92 bits per heavy atom. The van der Waals surface area contributed by atoms with E-state index >= 15 is 0 Å². The first-order chi connectivity index (χ1) is 11.3. The highest BCUT2D eigenvalue weighted by atomic mass is 19.4. The van der Waals surface area contributed by atoms with E-state index in [2.05, 4.69) is 4.98 Å². The Kier molecular flexibility index (Phi) is 3.95. The molecular formula is C17H15F3N2O2. The molecule has 2 heterocycles. The third-order valence-corrected chi connectivity index (χ3v) is 4.26. The van der Waals surface area contributed by atoms with Gasteiger partial charge in [0.1, 0.15) is 5.92 Å². The van der Waals surface area contributed by atoms with Gasteiger partial charge >= 0.3 is 12.1 Å². The number of methoxy groups -OCH3 is 1. The Hall–Kier alpha value is -2.57. The van der Waals surface area contributed by atoms with Crippen molar-refractivity contribution in [2.24, 2.45) is 0 Å². The van der Waals surface area contributed by atoms with Crippen molar-refractivity contribution in [2.45, 2.75) is 18.1 Å². The van der Waals surface area contributed by atoms with Crippen molar-refractivity contribution in [1.29, 1.82) is 0 Å². The van der Waals surface area contributed by atoms with E-state index in [9.17, 15) is 18.0 Å². The van der Waals surface area contributed by atoms with Gasteiger partial charge in [0, 0.05) is 18.9 Å². The molecule has 2 aromatic rings. The number of halogens is 3. The second-order valence-corrected chi connectivity index (χ2v) is 5.58. The number of carbonyl (C=O) groups is 1. The van der Waals surface area contributed by atoms with E-state index in [0.717, 1.165) is 23.5 Å². The summed E-state index contributed by atoms with van der Waals surface area (Å²) < 4.78 is 43.1. The van der Waals surface area contributed by atoms with E-state index < -0.39 is 29.7 Å². The number of ether oxygens (including phenoxy) is 1. The summed E-state index contributed by atoms with van der Waals surface area (Å²) in [5.41, 5.74) is 1.18. The van der Waals surface area contributed by atoms with Crippen molar-refractivity contribution >= 4 is 11.7 Å². The van der Waals surface area contributed by atoms with Crippen LogP contribution in [0.15, 0.2) is 42.6 Å². The fourth-order valence-electron chi connectivity index (χ4n) is 3.12. The number of nitrogens with zero attached hydrogens (tertiary/aromatic N) is 2. The van der Waals surface area contributed by atoms with Gasteiger partial charge in [-0.25, -0.2) is 0 Å². The molecule has 3 rings (SSSR count). The third-order valence-electron chi connectivity index (χ3n) is 4.26. The van der Waals surface area contributed by atoms with Crippen LogP contribution in [0.4, 0.5) is 18.9 Å². The van der Waals surface area contributed by atoms with Crippen molar-refractivity contribution in [2.75, 3.05) is 19.1 Å². The predicted octanol–water partition coefficient (Wildman–Crippen LogP) is 3.55. The number of alkyl halides is 3.